The molecule has 0 atom stereocenters. The van der Waals surface area contributed by atoms with Gasteiger partial charge in [0.25, 0.3) is 5.56 Å². The number of aryl methyl sites for hydroxylation is 1. The highest BCUT2D eigenvalue weighted by Gasteiger charge is 2.18. The summed E-state index contributed by atoms with van der Waals surface area (Å²) in [5.41, 5.74) is 6.29. The normalized spacial score (nSPS) is 12.2. The molecule has 9 heteroatoms. The van der Waals surface area contributed by atoms with Crippen LogP contribution in [0.1, 0.15) is 20.3 Å². The highest BCUT2D eigenvalue weighted by Crippen LogP contribution is 2.22. The van der Waals surface area contributed by atoms with E-state index in [0.717, 1.165) is 18.2 Å². The first-order valence-electron chi connectivity index (χ1n) is 8.38. The van der Waals surface area contributed by atoms with E-state index in [2.05, 4.69) is 10.2 Å². The number of nitriles is 1. The van der Waals surface area contributed by atoms with Gasteiger partial charge < -0.3 is 5.73 Å². The largest absolute Gasteiger partial charge is 0.401 e. The zero-order chi connectivity index (χ0) is 19.6. The van der Waals surface area contributed by atoms with Gasteiger partial charge in [0.1, 0.15) is 11.6 Å². The molecule has 0 aliphatic heterocycles. The Morgan fingerprint density at radius 2 is 2.07 bits per heavy atom. The highest BCUT2D eigenvalue weighted by atomic mass is 32.2. The maximum Gasteiger partial charge on any atom is 0.262 e. The van der Waals surface area contributed by atoms with Gasteiger partial charge in [-0.15, -0.1) is 10.2 Å². The summed E-state index contributed by atoms with van der Waals surface area (Å²) in [6, 6.07) is 9.05. The molecule has 2 N–H and O–H groups in total. The van der Waals surface area contributed by atoms with Crippen LogP contribution in [0.2, 0.25) is 0 Å². The number of carbonyl (C=O) groups excluding carboxylic acids is 1. The first-order chi connectivity index (χ1) is 13.0. The monoisotopic (exact) mass is 382 g/mol. The van der Waals surface area contributed by atoms with Crippen LogP contribution >= 0.6 is 11.8 Å². The quantitative estimate of drug-likeness (QED) is 0.393. The van der Waals surface area contributed by atoms with Gasteiger partial charge in [-0.05, 0) is 25.5 Å². The van der Waals surface area contributed by atoms with Crippen molar-refractivity contribution in [2.45, 2.75) is 32.0 Å². The summed E-state index contributed by atoms with van der Waals surface area (Å²) in [6.07, 6.45) is 0.772. The minimum atomic E-state index is -0.370. The number of rotatable bonds is 6. The molecule has 27 heavy (non-hydrogen) atoms. The van der Waals surface area contributed by atoms with E-state index in [1.165, 1.54) is 6.92 Å². The number of hydrogen-bond donors (Lipinski definition) is 1. The molecular weight excluding hydrogens is 364 g/mol. The van der Waals surface area contributed by atoms with Gasteiger partial charge in [-0.1, -0.05) is 30.8 Å². The van der Waals surface area contributed by atoms with Crippen molar-refractivity contribution < 1.29 is 4.79 Å². The Balaban J connectivity index is 2.11. The number of fused-ring (bicyclic) bond motifs is 3. The van der Waals surface area contributed by atoms with Gasteiger partial charge in [0.15, 0.2) is 10.9 Å². The third kappa shape index (κ3) is 3.31. The molecule has 0 spiro atoms. The number of aromatic nitrogens is 4. The van der Waals surface area contributed by atoms with Crippen LogP contribution in [0.25, 0.3) is 16.7 Å². The van der Waals surface area contributed by atoms with Gasteiger partial charge >= 0.3 is 0 Å². The van der Waals surface area contributed by atoms with Gasteiger partial charge in [-0.25, -0.2) is 0 Å². The third-order valence-corrected chi connectivity index (χ3v) is 4.97. The standard InChI is InChI=1S/C18H18N6O2S/c1-3-8-23-16(26)12-6-4-5-7-14(12)24-17(23)21-22-18(24)27-10-15(25)13(9-19)11(2)20/h4-7H,3,8,10,20H2,1-2H3/b13-11+. The van der Waals surface area contributed by atoms with Crippen LogP contribution in [0.15, 0.2) is 45.5 Å². The van der Waals surface area contributed by atoms with Crippen molar-refractivity contribution >= 4 is 34.2 Å². The number of nitrogens with zero attached hydrogens (tertiary/aromatic N) is 5. The maximum absolute atomic E-state index is 12.8. The Morgan fingerprint density at radius 3 is 2.74 bits per heavy atom. The van der Waals surface area contributed by atoms with Crippen molar-refractivity contribution in [3.8, 4) is 6.07 Å². The average molecular weight is 382 g/mol. The molecule has 0 saturated carbocycles. The fourth-order valence-electron chi connectivity index (χ4n) is 2.82. The van der Waals surface area contributed by atoms with Crippen molar-refractivity contribution in [3.05, 3.63) is 45.9 Å². The fraction of sp³-hybridized carbons (Fsp3) is 0.278. The lowest BCUT2D eigenvalue weighted by atomic mass is 10.2. The van der Waals surface area contributed by atoms with E-state index in [1.807, 2.05) is 25.1 Å². The van der Waals surface area contributed by atoms with Crippen LogP contribution < -0.4 is 11.3 Å². The molecule has 1 aromatic carbocycles. The summed E-state index contributed by atoms with van der Waals surface area (Å²) < 4.78 is 3.36. The molecule has 3 rings (SSSR count). The summed E-state index contributed by atoms with van der Waals surface area (Å²) in [5, 5.41) is 18.4. The zero-order valence-electron chi connectivity index (χ0n) is 15.0. The summed E-state index contributed by atoms with van der Waals surface area (Å²) >= 11 is 1.16. The molecule has 2 heterocycles. The lowest BCUT2D eigenvalue weighted by Crippen LogP contribution is -2.23. The Hall–Kier alpha value is -3.12. The molecule has 3 aromatic rings. The molecule has 0 aliphatic rings. The van der Waals surface area contributed by atoms with E-state index in [1.54, 1.807) is 21.1 Å². The number of nitrogens with two attached hydrogens (primary N) is 1. The van der Waals surface area contributed by atoms with Crippen molar-refractivity contribution in [1.82, 2.24) is 19.2 Å². The van der Waals surface area contributed by atoms with Gasteiger partial charge in [-0.3, -0.25) is 18.6 Å². The summed E-state index contributed by atoms with van der Waals surface area (Å²) in [7, 11) is 0. The minimum absolute atomic E-state index is 0.000538. The van der Waals surface area contributed by atoms with Gasteiger partial charge in [0.2, 0.25) is 5.78 Å². The number of Topliss-reactive ketones (excluding diaryl/α,β-unsaturated/α-hetero) is 1. The SMILES string of the molecule is CCCn1c(=O)c2ccccc2n2c(SCC(=O)/C(C#N)=C(\C)N)nnc12. The van der Waals surface area contributed by atoms with Gasteiger partial charge in [-0.2, -0.15) is 5.26 Å². The topological polar surface area (TPSA) is 119 Å². The predicted octanol–water partition coefficient (Wildman–Crippen LogP) is 1.87. The molecule has 0 unspecified atom stereocenters. The molecular formula is C18H18N6O2S. The fourth-order valence-corrected chi connectivity index (χ4v) is 3.64. The number of thioether (sulfide) groups is 1. The second-order valence-electron chi connectivity index (χ2n) is 5.97. The van der Waals surface area contributed by atoms with Crippen LogP contribution in [0.3, 0.4) is 0 Å². The van der Waals surface area contributed by atoms with Crippen molar-refractivity contribution in [2.24, 2.45) is 5.73 Å². The highest BCUT2D eigenvalue weighted by molar-refractivity contribution is 7.99. The van der Waals surface area contributed by atoms with Crippen LogP contribution in [0.4, 0.5) is 0 Å². The molecule has 8 nitrogen and oxygen atoms in total. The molecule has 138 valence electrons. The van der Waals surface area contributed by atoms with E-state index in [-0.39, 0.29) is 28.4 Å². The van der Waals surface area contributed by atoms with Gasteiger partial charge in [0, 0.05) is 12.2 Å². The van der Waals surface area contributed by atoms with E-state index in [9.17, 15) is 9.59 Å². The minimum Gasteiger partial charge on any atom is -0.401 e. The van der Waals surface area contributed by atoms with Crippen molar-refractivity contribution in [3.63, 3.8) is 0 Å². The second-order valence-corrected chi connectivity index (χ2v) is 6.92. The number of benzene rings is 1. The molecule has 0 aliphatic carbocycles. The first kappa shape index (κ1) is 18.7. The predicted molar refractivity (Wildman–Crippen MR) is 103 cm³/mol. The average Bonchev–Trinajstić information content (AvgIpc) is 3.07. The smallest absolute Gasteiger partial charge is 0.262 e. The van der Waals surface area contributed by atoms with Crippen LogP contribution in [-0.2, 0) is 11.3 Å². The van der Waals surface area contributed by atoms with E-state index < -0.39 is 0 Å². The third-order valence-electron chi connectivity index (χ3n) is 4.04. The lowest BCUT2D eigenvalue weighted by Gasteiger charge is -2.10. The van der Waals surface area contributed by atoms with E-state index in [4.69, 9.17) is 11.0 Å². The summed E-state index contributed by atoms with van der Waals surface area (Å²) in [5.74, 6) is 0.0615. The Morgan fingerprint density at radius 1 is 1.33 bits per heavy atom. The molecule has 0 saturated heterocycles. The van der Waals surface area contributed by atoms with Crippen LogP contribution in [0.5, 0.6) is 0 Å². The number of hydrogen-bond acceptors (Lipinski definition) is 7. The number of ketones is 1. The second kappa shape index (κ2) is 7.63. The number of carbonyl (C=O) groups is 1. The summed E-state index contributed by atoms with van der Waals surface area (Å²) in [4.78, 5) is 25.0. The molecule has 2 aromatic heterocycles. The van der Waals surface area contributed by atoms with E-state index in [0.29, 0.717) is 28.4 Å². The number of para-hydroxylation sites is 1. The van der Waals surface area contributed by atoms with Crippen LogP contribution in [-0.4, -0.2) is 30.7 Å². The van der Waals surface area contributed by atoms with Crippen LogP contribution in [0, 0.1) is 11.3 Å². The molecule has 0 amide bonds. The zero-order valence-corrected chi connectivity index (χ0v) is 15.8. The molecule has 0 radical (unpaired) electrons. The Kier molecular flexibility index (Phi) is 5.28. The molecule has 0 fully saturated rings. The van der Waals surface area contributed by atoms with Gasteiger partial charge in [0.05, 0.1) is 16.7 Å². The van der Waals surface area contributed by atoms with Crippen molar-refractivity contribution in [1.29, 1.82) is 5.26 Å². The molecule has 0 bridgehead atoms. The lowest BCUT2D eigenvalue weighted by molar-refractivity contribution is -0.112. The maximum atomic E-state index is 12.8. The van der Waals surface area contributed by atoms with E-state index >= 15 is 0 Å². The summed E-state index contributed by atoms with van der Waals surface area (Å²) in [6.45, 7) is 4.01. The Labute approximate surface area is 159 Å². The first-order valence-corrected chi connectivity index (χ1v) is 9.37. The Bertz CT molecular complexity index is 1160. The van der Waals surface area contributed by atoms with Crippen molar-refractivity contribution in [2.75, 3.05) is 5.75 Å². The number of allylic oxidation sites excluding steroid dienone is 2.